The van der Waals surface area contributed by atoms with Gasteiger partial charge >= 0.3 is 12.1 Å². The first-order valence-corrected chi connectivity index (χ1v) is 8.14. The van der Waals surface area contributed by atoms with E-state index >= 15 is 0 Å². The van der Waals surface area contributed by atoms with Crippen LogP contribution in [0.1, 0.15) is 46.6 Å². The number of carbonyl (C=O) groups is 2. The van der Waals surface area contributed by atoms with Crippen molar-refractivity contribution in [1.29, 1.82) is 0 Å². The first-order valence-electron chi connectivity index (χ1n) is 8.14. The van der Waals surface area contributed by atoms with E-state index in [1.807, 2.05) is 49.4 Å². The maximum atomic E-state index is 12.1. The van der Waals surface area contributed by atoms with Gasteiger partial charge in [-0.25, -0.2) is 9.59 Å². The first kappa shape index (κ1) is 19.7. The monoisotopic (exact) mass is 333 g/mol. The molecule has 0 aliphatic rings. The van der Waals surface area contributed by atoms with E-state index in [4.69, 9.17) is 9.47 Å². The number of hydrogen-bond acceptors (Lipinski definition) is 4. The third-order valence-corrected chi connectivity index (χ3v) is 3.06. The zero-order valence-corrected chi connectivity index (χ0v) is 15.0. The molecule has 1 amide bonds. The Bertz CT molecular complexity index is 560. The number of carbonyl (C=O) groups excluding carboxylic acids is 2. The number of rotatable bonds is 6. The average molecular weight is 333 g/mol. The van der Waals surface area contributed by atoms with E-state index < -0.39 is 23.7 Å². The van der Waals surface area contributed by atoms with Crippen LogP contribution >= 0.6 is 0 Å². The topological polar surface area (TPSA) is 64.6 Å². The van der Waals surface area contributed by atoms with Crippen molar-refractivity contribution >= 4 is 18.1 Å². The maximum absolute atomic E-state index is 12.1. The van der Waals surface area contributed by atoms with Gasteiger partial charge in [0, 0.05) is 0 Å². The van der Waals surface area contributed by atoms with Crippen LogP contribution in [0.5, 0.6) is 0 Å². The van der Waals surface area contributed by atoms with Crippen molar-refractivity contribution in [3.8, 4) is 0 Å². The molecular weight excluding hydrogens is 306 g/mol. The van der Waals surface area contributed by atoms with Crippen LogP contribution in [0.3, 0.4) is 0 Å². The Labute approximate surface area is 144 Å². The zero-order valence-electron chi connectivity index (χ0n) is 15.0. The van der Waals surface area contributed by atoms with Gasteiger partial charge in [0.15, 0.2) is 0 Å². The van der Waals surface area contributed by atoms with Gasteiger partial charge in [0.25, 0.3) is 0 Å². The molecule has 0 saturated carbocycles. The highest BCUT2D eigenvalue weighted by Gasteiger charge is 2.23. The Morgan fingerprint density at radius 3 is 2.38 bits per heavy atom. The fourth-order valence-electron chi connectivity index (χ4n) is 1.84. The van der Waals surface area contributed by atoms with E-state index in [0.717, 1.165) is 5.56 Å². The number of ether oxygens (including phenoxy) is 2. The normalized spacial score (nSPS) is 14.0. The van der Waals surface area contributed by atoms with Crippen molar-refractivity contribution in [2.75, 3.05) is 0 Å². The molecule has 5 nitrogen and oxygen atoms in total. The lowest BCUT2D eigenvalue weighted by Crippen LogP contribution is -2.43. The fourth-order valence-corrected chi connectivity index (χ4v) is 1.84. The van der Waals surface area contributed by atoms with Gasteiger partial charge in [0.1, 0.15) is 17.7 Å². The van der Waals surface area contributed by atoms with Crippen LogP contribution in [0.4, 0.5) is 4.79 Å². The van der Waals surface area contributed by atoms with E-state index in [9.17, 15) is 9.59 Å². The van der Waals surface area contributed by atoms with Gasteiger partial charge in [0.05, 0.1) is 0 Å². The number of hydrogen-bond donors (Lipinski definition) is 1. The smallest absolute Gasteiger partial charge is 0.408 e. The van der Waals surface area contributed by atoms with Crippen molar-refractivity contribution in [2.24, 2.45) is 0 Å². The van der Waals surface area contributed by atoms with Gasteiger partial charge in [-0.1, -0.05) is 43.3 Å². The molecule has 132 valence electrons. The zero-order chi connectivity index (χ0) is 18.2. The van der Waals surface area contributed by atoms with Crippen LogP contribution in [0.2, 0.25) is 0 Å². The SMILES string of the molecule is CC[C@@H](/C=C/c1ccccc1)OC(=O)C(C)NC(=O)OC(C)(C)C. The van der Waals surface area contributed by atoms with Crippen molar-refractivity contribution in [3.05, 3.63) is 42.0 Å². The Kier molecular flexibility index (Phi) is 7.49. The minimum absolute atomic E-state index is 0.347. The second-order valence-corrected chi connectivity index (χ2v) is 6.52. The number of nitrogens with one attached hydrogen (secondary N) is 1. The van der Waals surface area contributed by atoms with Gasteiger partial charge < -0.3 is 14.8 Å². The molecule has 1 unspecified atom stereocenters. The lowest BCUT2D eigenvalue weighted by molar-refractivity contribution is -0.149. The summed E-state index contributed by atoms with van der Waals surface area (Å²) in [7, 11) is 0. The molecule has 0 heterocycles. The third-order valence-electron chi connectivity index (χ3n) is 3.06. The summed E-state index contributed by atoms with van der Waals surface area (Å²) in [6.07, 6.45) is 3.41. The highest BCUT2D eigenvalue weighted by Crippen LogP contribution is 2.09. The summed E-state index contributed by atoms with van der Waals surface area (Å²) in [6.45, 7) is 8.78. The second-order valence-electron chi connectivity index (χ2n) is 6.52. The quantitative estimate of drug-likeness (QED) is 0.801. The lowest BCUT2D eigenvalue weighted by Gasteiger charge is -2.22. The number of benzene rings is 1. The molecule has 0 aliphatic heterocycles. The van der Waals surface area contributed by atoms with Crippen LogP contribution in [-0.2, 0) is 14.3 Å². The summed E-state index contributed by atoms with van der Waals surface area (Å²) in [5.74, 6) is -0.495. The molecule has 1 rings (SSSR count). The van der Waals surface area contributed by atoms with Crippen molar-refractivity contribution < 1.29 is 19.1 Å². The predicted octanol–water partition coefficient (Wildman–Crippen LogP) is 3.93. The second kappa shape index (κ2) is 9.11. The first-order chi connectivity index (χ1) is 11.2. The van der Waals surface area contributed by atoms with Gasteiger partial charge in [-0.2, -0.15) is 0 Å². The largest absolute Gasteiger partial charge is 0.457 e. The molecule has 0 fully saturated rings. The molecule has 0 spiro atoms. The Morgan fingerprint density at radius 2 is 1.83 bits per heavy atom. The molecule has 1 N–H and O–H groups in total. The molecule has 0 aromatic heterocycles. The minimum atomic E-state index is -0.779. The molecule has 1 aromatic carbocycles. The van der Waals surface area contributed by atoms with Crippen LogP contribution in [0.25, 0.3) is 6.08 Å². The molecule has 5 heteroatoms. The van der Waals surface area contributed by atoms with Gasteiger partial charge in [-0.15, -0.1) is 0 Å². The summed E-state index contributed by atoms with van der Waals surface area (Å²) < 4.78 is 10.5. The van der Waals surface area contributed by atoms with Gasteiger partial charge in [-0.3, -0.25) is 0 Å². The Balaban J connectivity index is 2.54. The number of amides is 1. The van der Waals surface area contributed by atoms with Gasteiger partial charge in [-0.05, 0) is 45.8 Å². The molecule has 24 heavy (non-hydrogen) atoms. The highest BCUT2D eigenvalue weighted by molar-refractivity contribution is 5.81. The van der Waals surface area contributed by atoms with E-state index in [1.165, 1.54) is 0 Å². The van der Waals surface area contributed by atoms with E-state index in [-0.39, 0.29) is 6.10 Å². The number of alkyl carbamates (subject to hydrolysis) is 1. The van der Waals surface area contributed by atoms with Crippen LogP contribution in [0, 0.1) is 0 Å². The van der Waals surface area contributed by atoms with Crippen LogP contribution in [-0.4, -0.2) is 29.8 Å². The summed E-state index contributed by atoms with van der Waals surface area (Å²) in [4.78, 5) is 23.8. The van der Waals surface area contributed by atoms with E-state index in [1.54, 1.807) is 27.7 Å². The van der Waals surface area contributed by atoms with E-state index in [2.05, 4.69) is 5.32 Å². The fraction of sp³-hybridized carbons (Fsp3) is 0.474. The maximum Gasteiger partial charge on any atom is 0.408 e. The van der Waals surface area contributed by atoms with Crippen molar-refractivity contribution in [1.82, 2.24) is 5.32 Å². The minimum Gasteiger partial charge on any atom is -0.457 e. The Hall–Kier alpha value is -2.30. The summed E-state index contributed by atoms with van der Waals surface area (Å²) >= 11 is 0. The number of esters is 1. The molecule has 0 radical (unpaired) electrons. The predicted molar refractivity (Wildman–Crippen MR) is 94.5 cm³/mol. The Morgan fingerprint density at radius 1 is 1.21 bits per heavy atom. The standard InChI is InChI=1S/C19H27NO4/c1-6-16(13-12-15-10-8-7-9-11-15)23-17(21)14(2)20-18(22)24-19(3,4)5/h7-14,16H,6H2,1-5H3,(H,20,22)/b13-12+/t14?,16-/m0/s1. The van der Waals surface area contributed by atoms with E-state index in [0.29, 0.717) is 6.42 Å². The summed E-state index contributed by atoms with van der Waals surface area (Å²) in [5, 5.41) is 2.48. The summed E-state index contributed by atoms with van der Waals surface area (Å²) in [6, 6.07) is 8.99. The van der Waals surface area contributed by atoms with Crippen LogP contribution < -0.4 is 5.32 Å². The molecule has 1 aromatic rings. The van der Waals surface area contributed by atoms with Crippen molar-refractivity contribution in [2.45, 2.75) is 58.8 Å². The molecule has 2 atom stereocenters. The molecular formula is C19H27NO4. The summed E-state index contributed by atoms with van der Waals surface area (Å²) in [5.41, 5.74) is 0.421. The molecule has 0 bridgehead atoms. The highest BCUT2D eigenvalue weighted by atomic mass is 16.6. The third kappa shape index (κ3) is 7.81. The lowest BCUT2D eigenvalue weighted by atomic mass is 10.1. The van der Waals surface area contributed by atoms with Crippen molar-refractivity contribution in [3.63, 3.8) is 0 Å². The average Bonchev–Trinajstić information content (AvgIpc) is 2.50. The molecule has 0 saturated heterocycles. The molecule has 0 aliphatic carbocycles. The van der Waals surface area contributed by atoms with Crippen LogP contribution in [0.15, 0.2) is 36.4 Å². The van der Waals surface area contributed by atoms with Gasteiger partial charge in [0.2, 0.25) is 0 Å².